The van der Waals surface area contributed by atoms with E-state index in [0.29, 0.717) is 29.0 Å². The molecule has 2 aromatic carbocycles. The van der Waals surface area contributed by atoms with Crippen molar-refractivity contribution in [2.75, 3.05) is 13.7 Å². The third kappa shape index (κ3) is 3.68. The van der Waals surface area contributed by atoms with E-state index < -0.39 is 5.76 Å². The first-order valence-electron chi connectivity index (χ1n) is 10.9. The number of rotatable bonds is 6. The number of esters is 1. The molecule has 34 heavy (non-hydrogen) atoms. The number of hydrogen-bond donors (Lipinski definition) is 1. The van der Waals surface area contributed by atoms with Crippen molar-refractivity contribution < 1.29 is 19.1 Å². The lowest BCUT2D eigenvalue weighted by atomic mass is 9.93. The number of oxazole rings is 1. The first kappa shape index (κ1) is 22.0. The number of benzene rings is 2. The molecule has 0 aliphatic carbocycles. The van der Waals surface area contributed by atoms with E-state index in [4.69, 9.17) is 9.15 Å². The zero-order valence-corrected chi connectivity index (χ0v) is 19.1. The summed E-state index contributed by atoms with van der Waals surface area (Å²) in [6.45, 7) is 2.67. The normalized spacial score (nSPS) is 14.0. The summed E-state index contributed by atoms with van der Waals surface area (Å²) in [5.41, 5.74) is 6.26. The maximum Gasteiger partial charge on any atom is 0.419 e. The number of aliphatic hydroxyl groups is 1. The van der Waals surface area contributed by atoms with Crippen LogP contribution in [0.2, 0.25) is 0 Å². The molecular formula is C25H24N4O5. The van der Waals surface area contributed by atoms with Crippen molar-refractivity contribution in [2.24, 2.45) is 7.05 Å². The van der Waals surface area contributed by atoms with Gasteiger partial charge in [0.25, 0.3) is 0 Å². The summed E-state index contributed by atoms with van der Waals surface area (Å²) in [5.74, 6) is -0.174. The van der Waals surface area contributed by atoms with Crippen LogP contribution in [0.25, 0.3) is 22.5 Å². The molecule has 3 heterocycles. The second kappa shape index (κ2) is 8.51. The van der Waals surface area contributed by atoms with Crippen molar-refractivity contribution >= 4 is 17.1 Å². The Balaban J connectivity index is 1.36. The number of carbonyl (C=O) groups is 1. The van der Waals surface area contributed by atoms with E-state index >= 15 is 0 Å². The Morgan fingerprint density at radius 3 is 2.68 bits per heavy atom. The number of carbonyl (C=O) groups excluding carboxylic acids is 1. The molecule has 0 spiro atoms. The lowest BCUT2D eigenvalue weighted by Gasteiger charge is -2.28. The molecule has 0 amide bonds. The van der Waals surface area contributed by atoms with Crippen LogP contribution < -0.4 is 5.76 Å². The Kier molecular flexibility index (Phi) is 5.51. The minimum absolute atomic E-state index is 0.0761. The Hall–Kier alpha value is -3.82. The molecule has 0 radical (unpaired) electrons. The van der Waals surface area contributed by atoms with E-state index in [2.05, 4.69) is 9.97 Å². The second-order valence-corrected chi connectivity index (χ2v) is 8.52. The zero-order valence-electron chi connectivity index (χ0n) is 19.1. The Labute approximate surface area is 195 Å². The number of cyclic esters (lactones) is 1. The van der Waals surface area contributed by atoms with Gasteiger partial charge in [-0.05, 0) is 49.4 Å². The fourth-order valence-electron chi connectivity index (χ4n) is 4.45. The lowest BCUT2D eigenvalue weighted by molar-refractivity contribution is 0.0534. The van der Waals surface area contributed by atoms with Crippen LogP contribution in [0.3, 0.4) is 0 Å². The fraction of sp³-hybridized carbons (Fsp3) is 0.280. The molecule has 1 atom stereocenters. The molecule has 0 saturated carbocycles. The molecule has 5 rings (SSSR count). The predicted octanol–water partition coefficient (Wildman–Crippen LogP) is 2.73. The van der Waals surface area contributed by atoms with Crippen LogP contribution in [0.4, 0.5) is 0 Å². The average molecular weight is 460 g/mol. The van der Waals surface area contributed by atoms with Crippen molar-refractivity contribution in [1.29, 1.82) is 0 Å². The molecule has 9 nitrogen and oxygen atoms in total. The van der Waals surface area contributed by atoms with Crippen molar-refractivity contribution in [2.45, 2.75) is 26.1 Å². The fourth-order valence-corrected chi connectivity index (χ4v) is 4.45. The van der Waals surface area contributed by atoms with Gasteiger partial charge in [-0.15, -0.1) is 0 Å². The van der Waals surface area contributed by atoms with Gasteiger partial charge >= 0.3 is 11.7 Å². The highest BCUT2D eigenvalue weighted by atomic mass is 16.5. The van der Waals surface area contributed by atoms with Gasteiger partial charge in [-0.2, -0.15) is 0 Å². The van der Waals surface area contributed by atoms with E-state index in [0.717, 1.165) is 27.8 Å². The third-order valence-electron chi connectivity index (χ3n) is 6.46. The first-order chi connectivity index (χ1) is 16.4. The predicted molar refractivity (Wildman–Crippen MR) is 124 cm³/mol. The van der Waals surface area contributed by atoms with Gasteiger partial charge in [0.15, 0.2) is 11.4 Å². The smallest absolute Gasteiger partial charge is 0.419 e. The molecular weight excluding hydrogens is 436 g/mol. The van der Waals surface area contributed by atoms with Gasteiger partial charge in [-0.25, -0.2) is 19.6 Å². The summed E-state index contributed by atoms with van der Waals surface area (Å²) in [7, 11) is 3.58. The van der Waals surface area contributed by atoms with Crippen molar-refractivity contribution in [3.05, 3.63) is 81.1 Å². The van der Waals surface area contributed by atoms with E-state index in [1.165, 1.54) is 4.57 Å². The van der Waals surface area contributed by atoms with Gasteiger partial charge in [-0.3, -0.25) is 9.47 Å². The number of aryl methyl sites for hydroxylation is 1. The van der Waals surface area contributed by atoms with Gasteiger partial charge in [-0.1, -0.05) is 6.07 Å². The molecule has 1 aliphatic heterocycles. The maximum absolute atomic E-state index is 11.8. The summed E-state index contributed by atoms with van der Waals surface area (Å²) in [5, 5.41) is 10.2. The summed E-state index contributed by atoms with van der Waals surface area (Å²) in [4.78, 5) is 34.6. The van der Waals surface area contributed by atoms with Crippen LogP contribution in [-0.2, 0) is 24.9 Å². The molecule has 0 saturated heterocycles. The van der Waals surface area contributed by atoms with Crippen LogP contribution in [-0.4, -0.2) is 44.2 Å². The van der Waals surface area contributed by atoms with Crippen LogP contribution in [0, 0.1) is 6.92 Å². The van der Waals surface area contributed by atoms with Gasteiger partial charge in [0, 0.05) is 42.7 Å². The monoisotopic (exact) mass is 460 g/mol. The second-order valence-electron chi connectivity index (χ2n) is 8.52. The molecule has 1 aliphatic rings. The average Bonchev–Trinajstić information content (AvgIpc) is 3.35. The first-order valence-corrected chi connectivity index (χ1v) is 10.9. The van der Waals surface area contributed by atoms with E-state index in [9.17, 15) is 14.7 Å². The van der Waals surface area contributed by atoms with Crippen molar-refractivity contribution in [3.8, 4) is 11.4 Å². The molecule has 2 aromatic heterocycles. The molecule has 1 unspecified atom stereocenters. The van der Waals surface area contributed by atoms with Crippen LogP contribution in [0.15, 0.2) is 51.9 Å². The Morgan fingerprint density at radius 2 is 1.94 bits per heavy atom. The molecule has 4 aromatic rings. The SMILES string of the molecule is Cc1c(C(CO)N(C)Cc2cnc(-c3ccc4oc(=O)n(C)c4c3)nc2)ccc2c1COC2=O. The minimum Gasteiger partial charge on any atom is -0.457 e. The number of aliphatic hydroxyl groups excluding tert-OH is 1. The molecule has 0 fully saturated rings. The highest BCUT2D eigenvalue weighted by Crippen LogP contribution is 2.31. The summed E-state index contributed by atoms with van der Waals surface area (Å²) in [6.07, 6.45) is 3.52. The summed E-state index contributed by atoms with van der Waals surface area (Å²) in [6, 6.07) is 8.78. The summed E-state index contributed by atoms with van der Waals surface area (Å²) >= 11 is 0. The van der Waals surface area contributed by atoms with Crippen LogP contribution in [0.1, 0.15) is 38.7 Å². The van der Waals surface area contributed by atoms with Gasteiger partial charge in [0.1, 0.15) is 6.61 Å². The van der Waals surface area contributed by atoms with Crippen molar-refractivity contribution in [3.63, 3.8) is 0 Å². The largest absolute Gasteiger partial charge is 0.457 e. The van der Waals surface area contributed by atoms with Gasteiger partial charge in [0.05, 0.1) is 23.7 Å². The number of nitrogens with zero attached hydrogens (tertiary/aromatic N) is 4. The standard InChI is InChI=1S/C25H24N4O5/c1-14-17(5-6-18-19(14)13-33-24(18)31)21(12-30)28(2)11-15-9-26-23(27-10-15)16-4-7-22-20(8-16)29(3)25(32)34-22/h4-10,21,30H,11-13H2,1-3H3. The maximum atomic E-state index is 11.8. The molecule has 174 valence electrons. The number of likely N-dealkylation sites (N-methyl/N-ethyl adjacent to an activating group) is 1. The number of hydrogen-bond acceptors (Lipinski definition) is 8. The molecule has 1 N–H and O–H groups in total. The highest BCUT2D eigenvalue weighted by molar-refractivity contribution is 5.94. The highest BCUT2D eigenvalue weighted by Gasteiger charge is 2.27. The zero-order chi connectivity index (χ0) is 24.0. The molecule has 0 bridgehead atoms. The Bertz CT molecular complexity index is 1450. The number of ether oxygens (including phenoxy) is 1. The Morgan fingerprint density at radius 1 is 1.18 bits per heavy atom. The number of fused-ring (bicyclic) bond motifs is 2. The third-order valence-corrected chi connectivity index (χ3v) is 6.46. The van der Waals surface area contributed by atoms with E-state index in [1.807, 2.05) is 37.1 Å². The van der Waals surface area contributed by atoms with E-state index in [-0.39, 0.29) is 25.2 Å². The molecule has 9 heteroatoms. The van der Waals surface area contributed by atoms with Gasteiger partial charge in [0.2, 0.25) is 0 Å². The van der Waals surface area contributed by atoms with E-state index in [1.54, 1.807) is 31.6 Å². The lowest BCUT2D eigenvalue weighted by Crippen LogP contribution is -2.28. The van der Waals surface area contributed by atoms with Gasteiger partial charge < -0.3 is 14.3 Å². The van der Waals surface area contributed by atoms with Crippen LogP contribution in [0.5, 0.6) is 0 Å². The minimum atomic E-state index is -0.414. The van der Waals surface area contributed by atoms with Crippen molar-refractivity contribution in [1.82, 2.24) is 19.4 Å². The number of aromatic nitrogens is 3. The van der Waals surface area contributed by atoms with Crippen LogP contribution >= 0.6 is 0 Å². The quantitative estimate of drug-likeness (QED) is 0.438. The summed E-state index contributed by atoms with van der Waals surface area (Å²) < 4.78 is 11.8. The topological polar surface area (TPSA) is 111 Å².